The summed E-state index contributed by atoms with van der Waals surface area (Å²) in [5.41, 5.74) is 0.914. The smallest absolute Gasteiger partial charge is 0.337 e. The largest absolute Gasteiger partial charge is 0.497 e. The number of carbonyl (C=O) groups is 2. The predicted molar refractivity (Wildman–Crippen MR) is 103 cm³/mol. The van der Waals surface area contributed by atoms with Gasteiger partial charge in [-0.1, -0.05) is 17.7 Å². The number of nitrogens with zero attached hydrogens (tertiary/aromatic N) is 1. The quantitative estimate of drug-likeness (QED) is 0.775. The average molecular weight is 405 g/mol. The van der Waals surface area contributed by atoms with Crippen molar-refractivity contribution >= 4 is 29.3 Å². The first-order chi connectivity index (χ1) is 13.4. The van der Waals surface area contributed by atoms with Crippen LogP contribution in [0.4, 0.5) is 14.9 Å². The Bertz CT molecular complexity index is 939. The second-order valence-corrected chi connectivity index (χ2v) is 6.45. The molecule has 1 atom stereocenters. The van der Waals surface area contributed by atoms with E-state index in [1.807, 2.05) is 0 Å². The molecule has 0 spiro atoms. The first kappa shape index (κ1) is 19.7. The summed E-state index contributed by atoms with van der Waals surface area (Å²) in [5, 5.41) is 2.75. The van der Waals surface area contributed by atoms with E-state index in [0.29, 0.717) is 17.1 Å². The van der Waals surface area contributed by atoms with E-state index in [2.05, 4.69) is 5.32 Å². The summed E-state index contributed by atoms with van der Waals surface area (Å²) in [5.74, 6) is -0.711. The molecule has 146 valence electrons. The molecule has 2 aromatic rings. The molecule has 0 saturated carbocycles. The van der Waals surface area contributed by atoms with Gasteiger partial charge in [0.25, 0.3) is 0 Å². The van der Waals surface area contributed by atoms with E-state index in [1.165, 1.54) is 37.3 Å². The zero-order valence-corrected chi connectivity index (χ0v) is 16.2. The van der Waals surface area contributed by atoms with Crippen molar-refractivity contribution in [2.45, 2.75) is 13.0 Å². The van der Waals surface area contributed by atoms with Gasteiger partial charge in [-0.15, -0.1) is 0 Å². The number of allylic oxidation sites excluding steroid dienone is 1. The topological polar surface area (TPSA) is 67.9 Å². The molecule has 0 saturated heterocycles. The minimum Gasteiger partial charge on any atom is -0.497 e. The van der Waals surface area contributed by atoms with Gasteiger partial charge >= 0.3 is 12.0 Å². The second kappa shape index (κ2) is 7.90. The number of hydrogen-bond acceptors (Lipinski definition) is 4. The van der Waals surface area contributed by atoms with Crippen LogP contribution in [-0.2, 0) is 9.53 Å². The Hall–Kier alpha value is -3.06. The summed E-state index contributed by atoms with van der Waals surface area (Å²) in [6.45, 7) is 1.59. The molecule has 0 aliphatic carbocycles. The second-order valence-electron chi connectivity index (χ2n) is 6.04. The molecule has 2 amide bonds. The number of esters is 1. The lowest BCUT2D eigenvalue weighted by Gasteiger charge is -2.35. The predicted octanol–water partition coefficient (Wildman–Crippen LogP) is 4.21. The molecule has 0 unspecified atom stereocenters. The van der Waals surface area contributed by atoms with Crippen LogP contribution in [0.5, 0.6) is 5.75 Å². The molecule has 0 radical (unpaired) electrons. The lowest BCUT2D eigenvalue weighted by molar-refractivity contribution is -0.136. The van der Waals surface area contributed by atoms with Crippen LogP contribution >= 0.6 is 11.6 Å². The van der Waals surface area contributed by atoms with E-state index in [0.717, 1.165) is 0 Å². The molecule has 0 bridgehead atoms. The van der Waals surface area contributed by atoms with Gasteiger partial charge in [0.1, 0.15) is 11.6 Å². The minimum atomic E-state index is -1.08. The molecule has 1 aliphatic rings. The SMILES string of the molecule is COC(=O)C1=C(C)N(c2ccc(OC)cc2)C(=O)N[C@@H]1c1c(F)cccc1Cl. The third-order valence-corrected chi connectivity index (χ3v) is 4.84. The van der Waals surface area contributed by atoms with Crippen molar-refractivity contribution in [1.82, 2.24) is 5.32 Å². The Morgan fingerprint density at radius 3 is 2.43 bits per heavy atom. The number of halogens is 2. The van der Waals surface area contributed by atoms with Gasteiger partial charge in [-0.25, -0.2) is 14.0 Å². The minimum absolute atomic E-state index is 0.00616. The highest BCUT2D eigenvalue weighted by Crippen LogP contribution is 2.38. The highest BCUT2D eigenvalue weighted by atomic mass is 35.5. The van der Waals surface area contributed by atoms with Crippen molar-refractivity contribution in [2.24, 2.45) is 0 Å². The van der Waals surface area contributed by atoms with Crippen LogP contribution in [-0.4, -0.2) is 26.2 Å². The van der Waals surface area contributed by atoms with E-state index in [-0.39, 0.29) is 16.2 Å². The fourth-order valence-corrected chi connectivity index (χ4v) is 3.43. The van der Waals surface area contributed by atoms with Crippen LogP contribution in [0, 0.1) is 5.82 Å². The van der Waals surface area contributed by atoms with Gasteiger partial charge in [-0.3, -0.25) is 4.90 Å². The highest BCUT2D eigenvalue weighted by Gasteiger charge is 2.39. The highest BCUT2D eigenvalue weighted by molar-refractivity contribution is 6.31. The van der Waals surface area contributed by atoms with Gasteiger partial charge < -0.3 is 14.8 Å². The van der Waals surface area contributed by atoms with Crippen molar-refractivity contribution < 1.29 is 23.5 Å². The Labute approximate surface area is 166 Å². The zero-order chi connectivity index (χ0) is 20.4. The molecule has 28 heavy (non-hydrogen) atoms. The molecule has 3 rings (SSSR count). The molecule has 6 nitrogen and oxygen atoms in total. The summed E-state index contributed by atoms with van der Waals surface area (Å²) < 4.78 is 24.5. The van der Waals surface area contributed by atoms with Crippen molar-refractivity contribution in [3.8, 4) is 5.75 Å². The zero-order valence-electron chi connectivity index (χ0n) is 15.5. The number of carbonyl (C=O) groups excluding carboxylic acids is 2. The van der Waals surface area contributed by atoms with E-state index in [1.54, 1.807) is 31.2 Å². The third kappa shape index (κ3) is 3.41. The summed E-state index contributed by atoms with van der Waals surface area (Å²) in [6, 6.07) is 9.27. The fraction of sp³-hybridized carbons (Fsp3) is 0.200. The van der Waals surface area contributed by atoms with Crippen LogP contribution in [0.15, 0.2) is 53.7 Å². The summed E-state index contributed by atoms with van der Waals surface area (Å²) in [7, 11) is 2.75. The standard InChI is InChI=1S/C20H18ClFN2O4/c1-11-16(19(25)28-3)18(17-14(21)5-4-6-15(17)22)23-20(26)24(11)12-7-9-13(27-2)10-8-12/h4-10,18H,1-3H3,(H,23,26)/t18-/m0/s1. The number of urea groups is 1. The van der Waals surface area contributed by atoms with Crippen molar-refractivity contribution in [3.05, 3.63) is 70.1 Å². The first-order valence-electron chi connectivity index (χ1n) is 8.36. The van der Waals surface area contributed by atoms with Crippen molar-refractivity contribution in [2.75, 3.05) is 19.1 Å². The number of ether oxygens (including phenoxy) is 2. The van der Waals surface area contributed by atoms with Crippen molar-refractivity contribution in [1.29, 1.82) is 0 Å². The maximum atomic E-state index is 14.5. The number of hydrogen-bond donors (Lipinski definition) is 1. The monoisotopic (exact) mass is 404 g/mol. The Morgan fingerprint density at radius 2 is 1.86 bits per heavy atom. The van der Waals surface area contributed by atoms with Crippen LogP contribution < -0.4 is 15.0 Å². The molecular formula is C20H18ClFN2O4. The van der Waals surface area contributed by atoms with Gasteiger partial charge in [0, 0.05) is 16.3 Å². The lowest BCUT2D eigenvalue weighted by Crippen LogP contribution is -2.48. The van der Waals surface area contributed by atoms with Crippen LogP contribution in [0.2, 0.25) is 5.02 Å². The molecule has 0 aromatic heterocycles. The Morgan fingerprint density at radius 1 is 1.18 bits per heavy atom. The van der Waals surface area contributed by atoms with E-state index < -0.39 is 23.9 Å². The number of amides is 2. The van der Waals surface area contributed by atoms with Crippen LogP contribution in [0.1, 0.15) is 18.5 Å². The number of benzene rings is 2. The summed E-state index contributed by atoms with van der Waals surface area (Å²) >= 11 is 6.16. The third-order valence-electron chi connectivity index (χ3n) is 4.51. The van der Waals surface area contributed by atoms with Gasteiger partial charge in [0.15, 0.2) is 0 Å². The molecule has 1 heterocycles. The molecule has 2 aromatic carbocycles. The van der Waals surface area contributed by atoms with Gasteiger partial charge in [-0.05, 0) is 43.3 Å². The van der Waals surface area contributed by atoms with E-state index >= 15 is 0 Å². The Balaban J connectivity index is 2.16. The fourth-order valence-electron chi connectivity index (χ4n) is 3.16. The number of methoxy groups -OCH3 is 2. The van der Waals surface area contributed by atoms with Gasteiger partial charge in [-0.2, -0.15) is 0 Å². The van der Waals surface area contributed by atoms with Gasteiger partial charge in [0.2, 0.25) is 0 Å². The molecule has 8 heteroatoms. The summed E-state index contributed by atoms with van der Waals surface area (Å²) in [6.07, 6.45) is 0. The van der Waals surface area contributed by atoms with E-state index in [4.69, 9.17) is 21.1 Å². The lowest BCUT2D eigenvalue weighted by atomic mass is 9.94. The maximum Gasteiger partial charge on any atom is 0.337 e. The maximum absolute atomic E-state index is 14.5. The van der Waals surface area contributed by atoms with Crippen LogP contribution in [0.3, 0.4) is 0 Å². The molecule has 1 aliphatic heterocycles. The molecule has 0 fully saturated rings. The van der Waals surface area contributed by atoms with Gasteiger partial charge in [0.05, 0.1) is 31.5 Å². The molecule has 1 N–H and O–H groups in total. The van der Waals surface area contributed by atoms with Crippen molar-refractivity contribution in [3.63, 3.8) is 0 Å². The van der Waals surface area contributed by atoms with E-state index in [9.17, 15) is 14.0 Å². The summed E-state index contributed by atoms with van der Waals surface area (Å²) in [4.78, 5) is 26.7. The number of nitrogens with one attached hydrogen (secondary N) is 1. The average Bonchev–Trinajstić information content (AvgIpc) is 2.67. The van der Waals surface area contributed by atoms with Crippen LogP contribution in [0.25, 0.3) is 0 Å². The Kier molecular flexibility index (Phi) is 5.56. The molecular weight excluding hydrogens is 387 g/mol. The number of rotatable bonds is 4. The first-order valence-corrected chi connectivity index (χ1v) is 8.74. The normalized spacial score (nSPS) is 16.7. The number of anilines is 1.